The summed E-state index contributed by atoms with van der Waals surface area (Å²) in [7, 11) is 0. The average molecular weight is 522 g/mol. The number of nitrogens with one attached hydrogen (secondary N) is 1. The van der Waals surface area contributed by atoms with Gasteiger partial charge in [0.05, 0.1) is 22.9 Å². The van der Waals surface area contributed by atoms with Crippen LogP contribution < -0.4 is 15.1 Å². The van der Waals surface area contributed by atoms with Crippen molar-refractivity contribution < 1.29 is 13.2 Å². The van der Waals surface area contributed by atoms with Crippen LogP contribution in [0, 0.1) is 18.3 Å². The van der Waals surface area contributed by atoms with Crippen LogP contribution in [-0.2, 0) is 6.18 Å². The Morgan fingerprint density at radius 2 is 1.79 bits per heavy atom. The predicted octanol–water partition coefficient (Wildman–Crippen LogP) is 6.22. The summed E-state index contributed by atoms with van der Waals surface area (Å²) in [5.41, 5.74) is -0.305. The number of nitrogens with zero attached hydrogens (tertiary/aromatic N) is 4. The number of benzene rings is 2. The third kappa shape index (κ3) is 5.04. The number of hydrogen-bond donors (Lipinski definition) is 1. The minimum absolute atomic E-state index is 0.160. The van der Waals surface area contributed by atoms with E-state index in [0.717, 1.165) is 35.3 Å². The molecule has 5 nitrogen and oxygen atoms in total. The molecule has 11 heteroatoms. The largest absolute Gasteiger partial charge is 0.417 e. The van der Waals surface area contributed by atoms with Crippen molar-refractivity contribution in [1.29, 1.82) is 5.26 Å². The first-order valence-electron chi connectivity index (χ1n) is 10.3. The van der Waals surface area contributed by atoms with Crippen LogP contribution in [0.15, 0.2) is 46.9 Å². The molecule has 1 N–H and O–H groups in total. The molecule has 0 bridgehead atoms. The second-order valence-electron chi connectivity index (χ2n) is 8.01. The van der Waals surface area contributed by atoms with Crippen LogP contribution in [0.2, 0.25) is 0 Å². The molecular weight excluding hydrogens is 499 g/mol. The SMILES string of the molecule is CCNC(=S)SN=C1N(c2ccc(C#N)c(C(F)(F)F)c2)C(=S)N(c2ccc(C)cc2)C1(C)C. The number of hydrogen-bond acceptors (Lipinski definition) is 5. The Hall–Kier alpha value is -2.68. The Morgan fingerprint density at radius 1 is 1.18 bits per heavy atom. The van der Waals surface area contributed by atoms with Gasteiger partial charge in [0.15, 0.2) is 9.43 Å². The normalized spacial score (nSPS) is 16.6. The van der Waals surface area contributed by atoms with Crippen molar-refractivity contribution >= 4 is 63.0 Å². The number of anilines is 2. The van der Waals surface area contributed by atoms with Crippen molar-refractivity contribution in [3.63, 3.8) is 0 Å². The predicted molar refractivity (Wildman–Crippen MR) is 140 cm³/mol. The molecule has 1 saturated heterocycles. The second kappa shape index (κ2) is 9.90. The zero-order valence-electron chi connectivity index (χ0n) is 18.9. The van der Waals surface area contributed by atoms with E-state index in [9.17, 15) is 18.4 Å². The van der Waals surface area contributed by atoms with Crippen molar-refractivity contribution in [1.82, 2.24) is 5.32 Å². The molecule has 1 heterocycles. The van der Waals surface area contributed by atoms with Crippen LogP contribution in [-0.4, -0.2) is 27.4 Å². The van der Waals surface area contributed by atoms with Crippen molar-refractivity contribution in [3.05, 3.63) is 59.2 Å². The Kier molecular flexibility index (Phi) is 7.55. The molecule has 0 spiro atoms. The van der Waals surface area contributed by atoms with Crippen LogP contribution in [0.5, 0.6) is 0 Å². The summed E-state index contributed by atoms with van der Waals surface area (Å²) in [5, 5.41) is 12.4. The molecule has 0 radical (unpaired) electrons. The molecule has 34 heavy (non-hydrogen) atoms. The van der Waals surface area contributed by atoms with Crippen LogP contribution in [0.1, 0.15) is 37.5 Å². The van der Waals surface area contributed by atoms with Crippen LogP contribution in [0.25, 0.3) is 0 Å². The molecule has 0 aliphatic carbocycles. The van der Waals surface area contributed by atoms with Gasteiger partial charge in [-0.2, -0.15) is 22.8 Å². The van der Waals surface area contributed by atoms with Crippen molar-refractivity contribution in [2.24, 2.45) is 4.40 Å². The fourth-order valence-corrected chi connectivity index (χ4v) is 5.05. The van der Waals surface area contributed by atoms with Crippen LogP contribution in [0.3, 0.4) is 0 Å². The highest BCUT2D eigenvalue weighted by atomic mass is 32.2. The summed E-state index contributed by atoms with van der Waals surface area (Å²) in [5.74, 6) is 0.418. The Balaban J connectivity index is 2.19. The Labute approximate surface area is 211 Å². The fourth-order valence-electron chi connectivity index (χ4n) is 3.58. The maximum atomic E-state index is 13.7. The summed E-state index contributed by atoms with van der Waals surface area (Å²) in [6.07, 6.45) is -4.70. The highest BCUT2D eigenvalue weighted by Crippen LogP contribution is 2.40. The molecule has 1 aliphatic rings. The van der Waals surface area contributed by atoms with Gasteiger partial charge in [-0.25, -0.2) is 0 Å². The molecule has 0 atom stereocenters. The van der Waals surface area contributed by atoms with E-state index in [4.69, 9.17) is 24.4 Å². The van der Waals surface area contributed by atoms with E-state index < -0.39 is 22.8 Å². The Morgan fingerprint density at radius 3 is 2.35 bits per heavy atom. The zero-order valence-corrected chi connectivity index (χ0v) is 21.3. The molecule has 2 aromatic carbocycles. The number of halogens is 3. The molecule has 1 fully saturated rings. The molecule has 2 aromatic rings. The number of thiocarbonyl (C=S) groups is 2. The lowest BCUT2D eigenvalue weighted by Crippen LogP contribution is -2.44. The lowest BCUT2D eigenvalue weighted by atomic mass is 10.0. The summed E-state index contributed by atoms with van der Waals surface area (Å²) in [4.78, 5) is 3.36. The summed E-state index contributed by atoms with van der Waals surface area (Å²) >= 11 is 12.1. The number of amidine groups is 1. The molecule has 0 saturated carbocycles. The van der Waals surface area contributed by atoms with Crippen LogP contribution in [0.4, 0.5) is 24.5 Å². The first-order chi connectivity index (χ1) is 15.9. The molecule has 0 amide bonds. The lowest BCUT2D eigenvalue weighted by Gasteiger charge is -2.31. The topological polar surface area (TPSA) is 54.7 Å². The van der Waals surface area contributed by atoms with Gasteiger partial charge in [0, 0.05) is 24.2 Å². The summed E-state index contributed by atoms with van der Waals surface area (Å²) in [6, 6.07) is 12.8. The Bertz CT molecular complexity index is 1180. The lowest BCUT2D eigenvalue weighted by molar-refractivity contribution is -0.137. The zero-order chi connectivity index (χ0) is 25.3. The van der Waals surface area contributed by atoms with Gasteiger partial charge in [0.25, 0.3) is 0 Å². The van der Waals surface area contributed by atoms with E-state index in [0.29, 0.717) is 16.7 Å². The third-order valence-electron chi connectivity index (χ3n) is 5.22. The van der Waals surface area contributed by atoms with E-state index in [-0.39, 0.29) is 10.8 Å². The van der Waals surface area contributed by atoms with E-state index in [1.54, 1.807) is 6.07 Å². The monoisotopic (exact) mass is 521 g/mol. The molecule has 178 valence electrons. The maximum Gasteiger partial charge on any atom is 0.417 e. The highest BCUT2D eigenvalue weighted by molar-refractivity contribution is 8.22. The molecular formula is C23H22F3N5S3. The third-order valence-corrected chi connectivity index (χ3v) is 6.52. The van der Waals surface area contributed by atoms with Gasteiger partial charge in [-0.05, 0) is 70.2 Å². The van der Waals surface area contributed by atoms with Gasteiger partial charge in [-0.15, -0.1) is 0 Å². The molecule has 3 rings (SSSR count). The molecule has 1 aliphatic heterocycles. The smallest absolute Gasteiger partial charge is 0.370 e. The molecule has 0 aromatic heterocycles. The van der Waals surface area contributed by atoms with Gasteiger partial charge in [-0.1, -0.05) is 29.9 Å². The quantitative estimate of drug-likeness (QED) is 0.379. The first-order valence-corrected chi connectivity index (χ1v) is 11.9. The van der Waals surface area contributed by atoms with Gasteiger partial charge >= 0.3 is 6.18 Å². The average Bonchev–Trinajstić information content (AvgIpc) is 2.96. The van der Waals surface area contributed by atoms with Gasteiger partial charge < -0.3 is 10.2 Å². The number of rotatable bonds is 4. The first kappa shape index (κ1) is 25.9. The van der Waals surface area contributed by atoms with E-state index >= 15 is 0 Å². The second-order valence-corrected chi connectivity index (χ2v) is 9.82. The van der Waals surface area contributed by atoms with E-state index in [2.05, 4.69) is 9.71 Å². The van der Waals surface area contributed by atoms with E-state index in [1.165, 1.54) is 11.0 Å². The summed E-state index contributed by atoms with van der Waals surface area (Å²) in [6.45, 7) is 8.26. The van der Waals surface area contributed by atoms with Crippen LogP contribution >= 0.6 is 36.4 Å². The van der Waals surface area contributed by atoms with Gasteiger partial charge in [0.2, 0.25) is 0 Å². The van der Waals surface area contributed by atoms with Crippen molar-refractivity contribution in [3.8, 4) is 6.07 Å². The summed E-state index contributed by atoms with van der Waals surface area (Å²) < 4.78 is 46.1. The fraction of sp³-hybridized carbons (Fsp3) is 0.304. The van der Waals surface area contributed by atoms with E-state index in [1.807, 2.05) is 56.9 Å². The number of aryl methyl sites for hydroxylation is 1. The standard InChI is InChI=1S/C23H22F3N5S3/c1-5-28-20(32)34-29-19-22(3,4)31(16-9-6-14(2)7-10-16)21(33)30(19)17-11-8-15(13-27)18(12-17)23(24,25)26/h6-12H,5H2,1-4H3,(H,28,32). The van der Waals surface area contributed by atoms with Crippen molar-refractivity contribution in [2.45, 2.75) is 39.4 Å². The van der Waals surface area contributed by atoms with Gasteiger partial charge in [0.1, 0.15) is 11.4 Å². The highest BCUT2D eigenvalue weighted by Gasteiger charge is 2.49. The maximum absolute atomic E-state index is 13.7. The number of alkyl halides is 3. The minimum Gasteiger partial charge on any atom is -0.370 e. The van der Waals surface area contributed by atoms with Gasteiger partial charge in [-0.3, -0.25) is 4.90 Å². The minimum atomic E-state index is -4.70. The molecule has 0 unspecified atom stereocenters. The number of nitriles is 1. The van der Waals surface area contributed by atoms with Crippen molar-refractivity contribution in [2.75, 3.05) is 16.3 Å².